The average Bonchev–Trinajstić information content (AvgIpc) is 3.13. The Kier molecular flexibility index (Phi) is 14.1. The standard InChI is InChI=1S/C39H51N7O5/c1-6-40-38(50)34(25(2)3)45-35(47)27(5)42-24-32(20-28-14-9-7-10-15-28)44-37(49)31-21-30(22-33(23-31)46-19-13-18-41-39(46)51)36(48)43-26(4)29-16-11-8-12-17-29/h7-12,14-17,21-23,25-27,32,34,42H,6,13,18-20,24H2,1-5H3,(H,40,50)(H,41,51)(H,43,48)(H,44,49)(H,45,47)/t26-,27+,32+,34+/m1/s1. The largest absolute Gasteiger partial charge is 0.355 e. The summed E-state index contributed by atoms with van der Waals surface area (Å²) in [5.41, 5.74) is 2.81. The zero-order valence-electron chi connectivity index (χ0n) is 30.1. The molecule has 0 radical (unpaired) electrons. The zero-order valence-corrected chi connectivity index (χ0v) is 30.1. The van der Waals surface area contributed by atoms with Crippen LogP contribution in [-0.4, -0.2) is 74.0 Å². The lowest BCUT2D eigenvalue weighted by molar-refractivity contribution is -0.130. The predicted molar refractivity (Wildman–Crippen MR) is 198 cm³/mol. The number of amides is 6. The Bertz CT molecular complexity index is 1650. The smallest absolute Gasteiger partial charge is 0.321 e. The van der Waals surface area contributed by atoms with Gasteiger partial charge in [-0.1, -0.05) is 74.5 Å². The summed E-state index contributed by atoms with van der Waals surface area (Å²) >= 11 is 0. The number of nitrogens with one attached hydrogen (secondary N) is 6. The molecule has 1 aliphatic rings. The van der Waals surface area contributed by atoms with Gasteiger partial charge in [-0.2, -0.15) is 0 Å². The van der Waals surface area contributed by atoms with Crippen LogP contribution < -0.4 is 36.8 Å². The van der Waals surface area contributed by atoms with Crippen molar-refractivity contribution in [1.29, 1.82) is 0 Å². The van der Waals surface area contributed by atoms with Crippen LogP contribution >= 0.6 is 0 Å². The van der Waals surface area contributed by atoms with E-state index in [2.05, 4.69) is 31.9 Å². The quantitative estimate of drug-likeness (QED) is 0.134. The van der Waals surface area contributed by atoms with Crippen molar-refractivity contribution in [2.45, 2.75) is 71.6 Å². The second-order valence-electron chi connectivity index (χ2n) is 13.2. The minimum atomic E-state index is -0.683. The Morgan fingerprint density at radius 1 is 0.804 bits per heavy atom. The molecule has 0 unspecified atom stereocenters. The number of rotatable bonds is 16. The van der Waals surface area contributed by atoms with Gasteiger partial charge in [0.2, 0.25) is 11.8 Å². The third-order valence-electron chi connectivity index (χ3n) is 8.80. The van der Waals surface area contributed by atoms with Gasteiger partial charge in [0.1, 0.15) is 6.04 Å². The minimum Gasteiger partial charge on any atom is -0.355 e. The summed E-state index contributed by atoms with van der Waals surface area (Å²) in [6.45, 7) is 10.8. The molecular weight excluding hydrogens is 646 g/mol. The van der Waals surface area contributed by atoms with Gasteiger partial charge in [-0.25, -0.2) is 4.79 Å². The van der Waals surface area contributed by atoms with E-state index in [4.69, 9.17) is 0 Å². The minimum absolute atomic E-state index is 0.113. The van der Waals surface area contributed by atoms with Crippen LogP contribution in [0.15, 0.2) is 78.9 Å². The highest BCUT2D eigenvalue weighted by atomic mass is 16.2. The van der Waals surface area contributed by atoms with Crippen molar-refractivity contribution < 1.29 is 24.0 Å². The first-order valence-corrected chi connectivity index (χ1v) is 17.7. The van der Waals surface area contributed by atoms with E-state index in [-0.39, 0.29) is 53.4 Å². The summed E-state index contributed by atoms with van der Waals surface area (Å²) in [6.07, 6.45) is 1.17. The topological polar surface area (TPSA) is 161 Å². The molecule has 0 saturated carbocycles. The fourth-order valence-corrected chi connectivity index (χ4v) is 5.86. The summed E-state index contributed by atoms with van der Waals surface area (Å²) < 4.78 is 0. The van der Waals surface area contributed by atoms with Gasteiger partial charge in [0.25, 0.3) is 11.8 Å². The van der Waals surface area contributed by atoms with Crippen LogP contribution in [0.25, 0.3) is 0 Å². The molecule has 6 N–H and O–H groups in total. The van der Waals surface area contributed by atoms with Gasteiger partial charge in [-0.05, 0) is 68.9 Å². The van der Waals surface area contributed by atoms with Crippen LogP contribution in [0.1, 0.15) is 78.9 Å². The number of anilines is 1. The van der Waals surface area contributed by atoms with Crippen LogP contribution in [0.2, 0.25) is 0 Å². The molecule has 3 aromatic carbocycles. The molecular formula is C39H51N7O5. The van der Waals surface area contributed by atoms with Crippen LogP contribution in [-0.2, 0) is 16.0 Å². The number of urea groups is 1. The Balaban J connectivity index is 1.56. The Morgan fingerprint density at radius 2 is 1.43 bits per heavy atom. The maximum absolute atomic E-state index is 14.0. The van der Waals surface area contributed by atoms with E-state index >= 15 is 0 Å². The molecule has 12 heteroatoms. The molecule has 12 nitrogen and oxygen atoms in total. The second-order valence-corrected chi connectivity index (χ2v) is 13.2. The summed E-state index contributed by atoms with van der Waals surface area (Å²) in [5.74, 6) is -1.51. The molecule has 51 heavy (non-hydrogen) atoms. The van der Waals surface area contributed by atoms with Crippen molar-refractivity contribution in [2.24, 2.45) is 5.92 Å². The maximum Gasteiger partial charge on any atom is 0.321 e. The molecule has 1 aliphatic heterocycles. The van der Waals surface area contributed by atoms with Gasteiger partial charge in [0.15, 0.2) is 0 Å². The number of hydrogen-bond donors (Lipinski definition) is 6. The number of nitrogens with zero attached hydrogens (tertiary/aromatic N) is 1. The van der Waals surface area contributed by atoms with E-state index < -0.39 is 24.0 Å². The van der Waals surface area contributed by atoms with Crippen molar-refractivity contribution in [2.75, 3.05) is 31.1 Å². The molecule has 1 heterocycles. The highest BCUT2D eigenvalue weighted by molar-refractivity contribution is 6.03. The molecule has 272 valence electrons. The van der Waals surface area contributed by atoms with Gasteiger partial charge in [0.05, 0.1) is 12.1 Å². The van der Waals surface area contributed by atoms with E-state index in [9.17, 15) is 24.0 Å². The fraction of sp³-hybridized carbons (Fsp3) is 0.410. The monoisotopic (exact) mass is 697 g/mol. The van der Waals surface area contributed by atoms with E-state index in [1.54, 1.807) is 19.1 Å². The third kappa shape index (κ3) is 11.1. The van der Waals surface area contributed by atoms with Crippen LogP contribution in [0.3, 0.4) is 0 Å². The summed E-state index contributed by atoms with van der Waals surface area (Å²) in [4.78, 5) is 67.7. The lowest BCUT2D eigenvalue weighted by Crippen LogP contribution is -2.55. The Labute approximate surface area is 300 Å². The third-order valence-corrected chi connectivity index (χ3v) is 8.80. The zero-order chi connectivity index (χ0) is 36.9. The fourth-order valence-electron chi connectivity index (χ4n) is 5.86. The van der Waals surface area contributed by atoms with Gasteiger partial charge < -0.3 is 31.9 Å². The SMILES string of the molecule is CCNC(=O)[C@@H](NC(=O)[C@H](C)NC[C@H](Cc1ccccc1)NC(=O)c1cc(C(=O)N[C@H](C)c2ccccc2)cc(N2CCCNC2=O)c1)C(C)C. The highest BCUT2D eigenvalue weighted by Crippen LogP contribution is 2.23. The lowest BCUT2D eigenvalue weighted by Gasteiger charge is -2.28. The van der Waals surface area contributed by atoms with Gasteiger partial charge in [0, 0.05) is 49.0 Å². The number of hydrogen-bond acceptors (Lipinski definition) is 6. The van der Waals surface area contributed by atoms with Crippen molar-refractivity contribution in [3.63, 3.8) is 0 Å². The molecule has 4 rings (SSSR count). The first kappa shape index (κ1) is 38.6. The van der Waals surface area contributed by atoms with E-state index in [0.29, 0.717) is 38.2 Å². The van der Waals surface area contributed by atoms with Gasteiger partial charge >= 0.3 is 6.03 Å². The first-order chi connectivity index (χ1) is 24.5. The highest BCUT2D eigenvalue weighted by Gasteiger charge is 2.27. The molecule has 1 saturated heterocycles. The molecule has 0 aromatic heterocycles. The number of likely N-dealkylation sites (N-methyl/N-ethyl adjacent to an activating group) is 1. The van der Waals surface area contributed by atoms with Crippen molar-refractivity contribution in [3.8, 4) is 0 Å². The number of carbonyl (C=O) groups is 5. The molecule has 0 aliphatic carbocycles. The Hall–Kier alpha value is -5.23. The molecule has 0 spiro atoms. The van der Waals surface area contributed by atoms with Gasteiger partial charge in [-0.3, -0.25) is 24.1 Å². The van der Waals surface area contributed by atoms with Gasteiger partial charge in [-0.15, -0.1) is 0 Å². The normalized spacial score (nSPS) is 15.2. The van der Waals surface area contributed by atoms with Crippen LogP contribution in [0.4, 0.5) is 10.5 Å². The van der Waals surface area contributed by atoms with Crippen LogP contribution in [0.5, 0.6) is 0 Å². The molecule has 3 aromatic rings. The first-order valence-electron chi connectivity index (χ1n) is 17.7. The molecule has 1 fully saturated rings. The lowest BCUT2D eigenvalue weighted by atomic mass is 10.0. The number of benzene rings is 3. The maximum atomic E-state index is 14.0. The van der Waals surface area contributed by atoms with E-state index in [1.807, 2.05) is 88.4 Å². The van der Waals surface area contributed by atoms with Crippen molar-refractivity contribution >= 4 is 35.3 Å². The molecule has 6 amide bonds. The molecule has 4 atom stereocenters. The van der Waals surface area contributed by atoms with E-state index in [1.165, 1.54) is 11.0 Å². The number of carbonyl (C=O) groups excluding carboxylic acids is 5. The van der Waals surface area contributed by atoms with Crippen molar-refractivity contribution in [1.82, 2.24) is 31.9 Å². The predicted octanol–water partition coefficient (Wildman–Crippen LogP) is 3.69. The summed E-state index contributed by atoms with van der Waals surface area (Å²) in [7, 11) is 0. The summed E-state index contributed by atoms with van der Waals surface area (Å²) in [5, 5.41) is 17.8. The average molecular weight is 698 g/mol. The summed E-state index contributed by atoms with van der Waals surface area (Å²) in [6, 6.07) is 21.6. The van der Waals surface area contributed by atoms with E-state index in [0.717, 1.165) is 11.1 Å². The molecule has 0 bridgehead atoms. The second kappa shape index (κ2) is 18.7. The van der Waals surface area contributed by atoms with Crippen molar-refractivity contribution in [3.05, 3.63) is 101 Å². The van der Waals surface area contributed by atoms with Crippen LogP contribution in [0, 0.1) is 5.92 Å². The Morgan fingerprint density at radius 3 is 2.04 bits per heavy atom.